The SMILES string of the molecule is Cc1nn(CC(=O)N2C[C@H]3CC=CC[C@H]3C2)c(=O)c2ccccc12. The van der Waals surface area contributed by atoms with E-state index in [-0.39, 0.29) is 18.0 Å². The molecule has 0 bridgehead atoms. The monoisotopic (exact) mass is 323 g/mol. The molecule has 1 amide bonds. The smallest absolute Gasteiger partial charge is 0.275 e. The molecule has 1 saturated heterocycles. The van der Waals surface area contributed by atoms with Crippen LogP contribution in [0.25, 0.3) is 10.8 Å². The number of amides is 1. The fraction of sp³-hybridized carbons (Fsp3) is 0.421. The summed E-state index contributed by atoms with van der Waals surface area (Å²) in [5.74, 6) is 1.14. The molecule has 1 fully saturated rings. The van der Waals surface area contributed by atoms with E-state index in [1.165, 1.54) is 4.68 Å². The van der Waals surface area contributed by atoms with Gasteiger partial charge in [0.2, 0.25) is 5.91 Å². The minimum absolute atomic E-state index is 0.00585. The van der Waals surface area contributed by atoms with Gasteiger partial charge >= 0.3 is 0 Å². The summed E-state index contributed by atoms with van der Waals surface area (Å²) in [6, 6.07) is 7.42. The Morgan fingerprint density at radius 3 is 2.42 bits per heavy atom. The van der Waals surface area contributed by atoms with Crippen molar-refractivity contribution < 1.29 is 4.79 Å². The van der Waals surface area contributed by atoms with E-state index in [0.717, 1.165) is 37.0 Å². The average Bonchev–Trinajstić information content (AvgIpc) is 3.04. The molecule has 0 unspecified atom stereocenters. The maximum atomic E-state index is 12.7. The average molecular weight is 323 g/mol. The second kappa shape index (κ2) is 5.89. The Morgan fingerprint density at radius 2 is 1.75 bits per heavy atom. The number of fused-ring (bicyclic) bond motifs is 2. The maximum Gasteiger partial charge on any atom is 0.275 e. The first-order valence-corrected chi connectivity index (χ1v) is 8.52. The highest BCUT2D eigenvalue weighted by atomic mass is 16.2. The number of allylic oxidation sites excluding steroid dienone is 2. The van der Waals surface area contributed by atoms with Crippen molar-refractivity contribution in [2.45, 2.75) is 26.3 Å². The summed E-state index contributed by atoms with van der Waals surface area (Å²) >= 11 is 0. The van der Waals surface area contributed by atoms with E-state index in [0.29, 0.717) is 17.2 Å². The van der Waals surface area contributed by atoms with Gasteiger partial charge in [-0.05, 0) is 37.7 Å². The molecule has 1 aliphatic carbocycles. The van der Waals surface area contributed by atoms with Crippen LogP contribution in [0.15, 0.2) is 41.2 Å². The number of hydrogen-bond acceptors (Lipinski definition) is 3. The first-order valence-electron chi connectivity index (χ1n) is 8.52. The van der Waals surface area contributed by atoms with E-state index in [1.54, 1.807) is 6.07 Å². The molecule has 0 N–H and O–H groups in total. The number of aryl methyl sites for hydroxylation is 1. The highest BCUT2D eigenvalue weighted by molar-refractivity contribution is 5.83. The third-order valence-corrected chi connectivity index (χ3v) is 5.31. The summed E-state index contributed by atoms with van der Waals surface area (Å²) in [7, 11) is 0. The minimum Gasteiger partial charge on any atom is -0.340 e. The van der Waals surface area contributed by atoms with Crippen LogP contribution in [0.1, 0.15) is 18.5 Å². The fourth-order valence-corrected chi connectivity index (χ4v) is 3.96. The lowest BCUT2D eigenvalue weighted by atomic mass is 9.86. The van der Waals surface area contributed by atoms with Crippen molar-refractivity contribution in [3.63, 3.8) is 0 Å². The van der Waals surface area contributed by atoms with Gasteiger partial charge in [0.05, 0.1) is 11.1 Å². The Hall–Kier alpha value is -2.43. The van der Waals surface area contributed by atoms with Gasteiger partial charge in [-0.3, -0.25) is 9.59 Å². The van der Waals surface area contributed by atoms with Crippen LogP contribution in [0, 0.1) is 18.8 Å². The number of likely N-dealkylation sites (tertiary alicyclic amines) is 1. The molecule has 2 heterocycles. The van der Waals surface area contributed by atoms with E-state index in [4.69, 9.17) is 0 Å². The quantitative estimate of drug-likeness (QED) is 0.796. The molecule has 0 saturated carbocycles. The Labute approximate surface area is 140 Å². The number of carbonyl (C=O) groups is 1. The van der Waals surface area contributed by atoms with Gasteiger partial charge in [0, 0.05) is 18.5 Å². The van der Waals surface area contributed by atoms with Crippen LogP contribution in [-0.4, -0.2) is 33.7 Å². The zero-order valence-corrected chi connectivity index (χ0v) is 13.8. The van der Waals surface area contributed by atoms with E-state index < -0.39 is 0 Å². The molecule has 1 aliphatic heterocycles. The van der Waals surface area contributed by atoms with E-state index in [1.807, 2.05) is 30.0 Å². The first-order chi connectivity index (χ1) is 11.6. The lowest BCUT2D eigenvalue weighted by Crippen LogP contribution is -2.36. The van der Waals surface area contributed by atoms with Crippen molar-refractivity contribution in [2.75, 3.05) is 13.1 Å². The molecule has 0 radical (unpaired) electrons. The second-order valence-electron chi connectivity index (χ2n) is 6.86. The number of hydrogen-bond donors (Lipinski definition) is 0. The standard InChI is InChI=1S/C19H21N3O2/c1-13-16-8-4-5-9-17(16)19(24)22(20-13)12-18(23)21-10-14-6-2-3-7-15(14)11-21/h2-5,8-9,14-15H,6-7,10-12H2,1H3/t14-,15+. The normalized spacial score (nSPS) is 22.8. The summed E-state index contributed by atoms with van der Waals surface area (Å²) in [4.78, 5) is 27.2. The fourth-order valence-electron chi connectivity index (χ4n) is 3.96. The molecule has 1 aromatic heterocycles. The van der Waals surface area contributed by atoms with Crippen molar-refractivity contribution in [2.24, 2.45) is 11.8 Å². The van der Waals surface area contributed by atoms with Gasteiger partial charge < -0.3 is 4.90 Å². The van der Waals surface area contributed by atoms with Crippen LogP contribution in [-0.2, 0) is 11.3 Å². The molecular formula is C19H21N3O2. The highest BCUT2D eigenvalue weighted by Gasteiger charge is 2.35. The zero-order chi connectivity index (χ0) is 16.7. The van der Waals surface area contributed by atoms with E-state index in [2.05, 4.69) is 17.3 Å². The largest absolute Gasteiger partial charge is 0.340 e. The second-order valence-corrected chi connectivity index (χ2v) is 6.86. The topological polar surface area (TPSA) is 55.2 Å². The number of nitrogens with zero attached hydrogens (tertiary/aromatic N) is 3. The molecule has 5 nitrogen and oxygen atoms in total. The van der Waals surface area contributed by atoms with Gasteiger partial charge in [-0.15, -0.1) is 0 Å². The number of rotatable bonds is 2. The van der Waals surface area contributed by atoms with Crippen LogP contribution in [0.4, 0.5) is 0 Å². The predicted molar refractivity (Wildman–Crippen MR) is 92.7 cm³/mol. The molecule has 4 rings (SSSR count). The van der Waals surface area contributed by atoms with Gasteiger partial charge in [-0.1, -0.05) is 30.4 Å². The Bertz CT molecular complexity index is 868. The minimum atomic E-state index is -0.192. The van der Waals surface area contributed by atoms with E-state index >= 15 is 0 Å². The zero-order valence-electron chi connectivity index (χ0n) is 13.8. The third kappa shape index (κ3) is 2.54. The molecule has 124 valence electrons. The molecule has 2 atom stereocenters. The Balaban J connectivity index is 1.57. The van der Waals surface area contributed by atoms with Crippen molar-refractivity contribution in [1.29, 1.82) is 0 Å². The summed E-state index contributed by atoms with van der Waals surface area (Å²) in [6.07, 6.45) is 6.55. The molecule has 1 aromatic carbocycles. The van der Waals surface area contributed by atoms with Crippen LogP contribution < -0.4 is 5.56 Å². The number of benzene rings is 1. The van der Waals surface area contributed by atoms with Crippen LogP contribution in [0.5, 0.6) is 0 Å². The van der Waals surface area contributed by atoms with Crippen LogP contribution >= 0.6 is 0 Å². The van der Waals surface area contributed by atoms with Gasteiger partial charge in [-0.2, -0.15) is 5.10 Å². The van der Waals surface area contributed by atoms with Gasteiger partial charge in [0.25, 0.3) is 5.56 Å². The first kappa shape index (κ1) is 15.1. The maximum absolute atomic E-state index is 12.7. The lowest BCUT2D eigenvalue weighted by Gasteiger charge is -2.17. The van der Waals surface area contributed by atoms with Gasteiger partial charge in [0.1, 0.15) is 6.54 Å². The van der Waals surface area contributed by atoms with Crippen molar-refractivity contribution in [3.8, 4) is 0 Å². The Morgan fingerprint density at radius 1 is 1.12 bits per heavy atom. The lowest BCUT2D eigenvalue weighted by molar-refractivity contribution is -0.131. The summed E-state index contributed by atoms with van der Waals surface area (Å²) in [6.45, 7) is 3.50. The van der Waals surface area contributed by atoms with Crippen LogP contribution in [0.3, 0.4) is 0 Å². The summed E-state index contributed by atoms with van der Waals surface area (Å²) in [5.41, 5.74) is 0.583. The molecule has 0 spiro atoms. The Kier molecular flexibility index (Phi) is 3.71. The molecule has 24 heavy (non-hydrogen) atoms. The molecule has 2 aromatic rings. The van der Waals surface area contributed by atoms with Crippen molar-refractivity contribution in [1.82, 2.24) is 14.7 Å². The van der Waals surface area contributed by atoms with Crippen molar-refractivity contribution >= 4 is 16.7 Å². The summed E-state index contributed by atoms with van der Waals surface area (Å²) in [5, 5.41) is 5.82. The van der Waals surface area contributed by atoms with Crippen LogP contribution in [0.2, 0.25) is 0 Å². The predicted octanol–water partition coefficient (Wildman–Crippen LogP) is 2.13. The third-order valence-electron chi connectivity index (χ3n) is 5.31. The van der Waals surface area contributed by atoms with Gasteiger partial charge in [-0.25, -0.2) is 4.68 Å². The number of carbonyl (C=O) groups excluding carboxylic acids is 1. The highest BCUT2D eigenvalue weighted by Crippen LogP contribution is 2.32. The molecule has 2 aliphatic rings. The van der Waals surface area contributed by atoms with Crippen molar-refractivity contribution in [3.05, 3.63) is 52.5 Å². The van der Waals surface area contributed by atoms with E-state index in [9.17, 15) is 9.59 Å². The summed E-state index contributed by atoms with van der Waals surface area (Å²) < 4.78 is 1.32. The number of aromatic nitrogens is 2. The molecular weight excluding hydrogens is 302 g/mol. The van der Waals surface area contributed by atoms with Gasteiger partial charge in [0.15, 0.2) is 0 Å². The molecule has 5 heteroatoms.